The molecule has 19 heavy (non-hydrogen) atoms. The monoisotopic (exact) mass is 263 g/mol. The van der Waals surface area contributed by atoms with Crippen molar-refractivity contribution in [1.29, 1.82) is 0 Å². The van der Waals surface area contributed by atoms with Crippen molar-refractivity contribution in [2.45, 2.75) is 26.7 Å². The standard InChI is InChI=1S/C14H21N3O2/c1-3-16-14(19)11-6-7-12(10(2)9-11)17-13(18)5-4-8-15/h6-7,9H,3-5,8,15H2,1-2H3,(H,16,19)(H,17,18). The van der Waals surface area contributed by atoms with Crippen LogP contribution in [0.15, 0.2) is 18.2 Å². The molecule has 0 bridgehead atoms. The summed E-state index contributed by atoms with van der Waals surface area (Å²) < 4.78 is 0. The van der Waals surface area contributed by atoms with Crippen molar-refractivity contribution in [2.75, 3.05) is 18.4 Å². The molecule has 104 valence electrons. The summed E-state index contributed by atoms with van der Waals surface area (Å²) in [6.45, 7) is 4.83. The average Bonchev–Trinajstić information content (AvgIpc) is 2.39. The molecule has 1 rings (SSSR count). The third-order valence-corrected chi connectivity index (χ3v) is 2.71. The average molecular weight is 263 g/mol. The van der Waals surface area contributed by atoms with Gasteiger partial charge in [0.1, 0.15) is 0 Å². The van der Waals surface area contributed by atoms with Gasteiger partial charge < -0.3 is 16.4 Å². The summed E-state index contributed by atoms with van der Waals surface area (Å²) in [5, 5.41) is 5.55. The highest BCUT2D eigenvalue weighted by Crippen LogP contribution is 2.17. The van der Waals surface area contributed by atoms with E-state index in [1.165, 1.54) is 0 Å². The van der Waals surface area contributed by atoms with Crippen molar-refractivity contribution in [3.05, 3.63) is 29.3 Å². The molecule has 0 heterocycles. The Hall–Kier alpha value is -1.88. The largest absolute Gasteiger partial charge is 0.352 e. The van der Waals surface area contributed by atoms with Crippen LogP contribution in [-0.4, -0.2) is 24.9 Å². The molecular weight excluding hydrogens is 242 g/mol. The third-order valence-electron chi connectivity index (χ3n) is 2.71. The van der Waals surface area contributed by atoms with Gasteiger partial charge in [-0.2, -0.15) is 0 Å². The lowest BCUT2D eigenvalue weighted by Gasteiger charge is -2.10. The summed E-state index contributed by atoms with van der Waals surface area (Å²) in [7, 11) is 0. The van der Waals surface area contributed by atoms with Crippen LogP contribution in [-0.2, 0) is 4.79 Å². The summed E-state index contributed by atoms with van der Waals surface area (Å²) in [4.78, 5) is 23.3. The summed E-state index contributed by atoms with van der Waals surface area (Å²) in [5.74, 6) is -0.161. The van der Waals surface area contributed by atoms with E-state index < -0.39 is 0 Å². The van der Waals surface area contributed by atoms with E-state index in [2.05, 4.69) is 10.6 Å². The second-order valence-electron chi connectivity index (χ2n) is 4.33. The molecule has 0 fully saturated rings. The second kappa shape index (κ2) is 7.53. The highest BCUT2D eigenvalue weighted by molar-refractivity contribution is 5.96. The van der Waals surface area contributed by atoms with Crippen LogP contribution in [0.4, 0.5) is 5.69 Å². The quantitative estimate of drug-likeness (QED) is 0.725. The van der Waals surface area contributed by atoms with Crippen LogP contribution < -0.4 is 16.4 Å². The van der Waals surface area contributed by atoms with Crippen LogP contribution in [0, 0.1) is 6.92 Å². The van der Waals surface area contributed by atoms with Crippen molar-refractivity contribution >= 4 is 17.5 Å². The number of nitrogens with two attached hydrogens (primary N) is 1. The molecule has 0 atom stereocenters. The van der Waals surface area contributed by atoms with Gasteiger partial charge in [-0.3, -0.25) is 9.59 Å². The Bertz CT molecular complexity index is 458. The van der Waals surface area contributed by atoms with Gasteiger partial charge >= 0.3 is 0 Å². The number of benzene rings is 1. The lowest BCUT2D eigenvalue weighted by Crippen LogP contribution is -2.22. The number of hydrogen-bond acceptors (Lipinski definition) is 3. The maximum Gasteiger partial charge on any atom is 0.251 e. The lowest BCUT2D eigenvalue weighted by atomic mass is 10.1. The minimum absolute atomic E-state index is 0.0562. The summed E-state index contributed by atoms with van der Waals surface area (Å²) in [6.07, 6.45) is 1.08. The van der Waals surface area contributed by atoms with Crippen LogP contribution in [0.2, 0.25) is 0 Å². The van der Waals surface area contributed by atoms with E-state index >= 15 is 0 Å². The van der Waals surface area contributed by atoms with E-state index in [0.29, 0.717) is 31.5 Å². The molecule has 0 saturated heterocycles. The fourth-order valence-electron chi connectivity index (χ4n) is 1.68. The Morgan fingerprint density at radius 3 is 2.63 bits per heavy atom. The first-order valence-electron chi connectivity index (χ1n) is 6.47. The molecule has 0 unspecified atom stereocenters. The fraction of sp³-hybridized carbons (Fsp3) is 0.429. The molecule has 0 aliphatic heterocycles. The zero-order valence-electron chi connectivity index (χ0n) is 11.5. The van der Waals surface area contributed by atoms with E-state index in [1.54, 1.807) is 18.2 Å². The summed E-state index contributed by atoms with van der Waals surface area (Å²) in [5.41, 5.74) is 7.55. The molecule has 0 spiro atoms. The number of carbonyl (C=O) groups excluding carboxylic acids is 2. The Morgan fingerprint density at radius 1 is 1.32 bits per heavy atom. The summed E-state index contributed by atoms with van der Waals surface area (Å²) >= 11 is 0. The van der Waals surface area contributed by atoms with E-state index in [4.69, 9.17) is 5.73 Å². The van der Waals surface area contributed by atoms with Gasteiger partial charge in [-0.1, -0.05) is 0 Å². The first kappa shape index (κ1) is 15.2. The number of nitrogens with one attached hydrogen (secondary N) is 2. The second-order valence-corrected chi connectivity index (χ2v) is 4.33. The number of rotatable bonds is 6. The molecule has 0 aromatic heterocycles. The first-order valence-corrected chi connectivity index (χ1v) is 6.47. The van der Waals surface area contributed by atoms with Crippen molar-refractivity contribution in [3.8, 4) is 0 Å². The van der Waals surface area contributed by atoms with Crippen molar-refractivity contribution < 1.29 is 9.59 Å². The van der Waals surface area contributed by atoms with Crippen LogP contribution in [0.5, 0.6) is 0 Å². The van der Waals surface area contributed by atoms with Gasteiger partial charge in [0, 0.05) is 24.2 Å². The van der Waals surface area contributed by atoms with Crippen molar-refractivity contribution in [2.24, 2.45) is 5.73 Å². The molecule has 0 radical (unpaired) electrons. The molecule has 0 aliphatic carbocycles. The van der Waals surface area contributed by atoms with Crippen molar-refractivity contribution in [3.63, 3.8) is 0 Å². The molecule has 5 heteroatoms. The molecule has 0 saturated carbocycles. The normalized spacial score (nSPS) is 10.1. The van der Waals surface area contributed by atoms with E-state index in [1.807, 2.05) is 13.8 Å². The molecule has 5 nitrogen and oxygen atoms in total. The predicted molar refractivity (Wildman–Crippen MR) is 76.1 cm³/mol. The molecule has 1 aromatic carbocycles. The first-order chi connectivity index (χ1) is 9.08. The van der Waals surface area contributed by atoms with E-state index in [9.17, 15) is 9.59 Å². The molecule has 4 N–H and O–H groups in total. The molecular formula is C14H21N3O2. The Morgan fingerprint density at radius 2 is 2.05 bits per heavy atom. The maximum absolute atomic E-state index is 11.7. The number of amides is 2. The molecule has 0 aliphatic rings. The van der Waals surface area contributed by atoms with Crippen LogP contribution in [0.25, 0.3) is 0 Å². The van der Waals surface area contributed by atoms with Crippen LogP contribution in [0.3, 0.4) is 0 Å². The van der Waals surface area contributed by atoms with E-state index in [-0.39, 0.29) is 11.8 Å². The topological polar surface area (TPSA) is 84.2 Å². The molecule has 1 aromatic rings. The van der Waals surface area contributed by atoms with Gasteiger partial charge in [0.05, 0.1) is 0 Å². The number of hydrogen-bond donors (Lipinski definition) is 3. The fourth-order valence-corrected chi connectivity index (χ4v) is 1.68. The Kier molecular flexibility index (Phi) is 6.02. The minimum Gasteiger partial charge on any atom is -0.352 e. The lowest BCUT2D eigenvalue weighted by molar-refractivity contribution is -0.116. The van der Waals surface area contributed by atoms with Gasteiger partial charge in [-0.15, -0.1) is 0 Å². The van der Waals surface area contributed by atoms with Crippen LogP contribution in [0.1, 0.15) is 35.7 Å². The zero-order chi connectivity index (χ0) is 14.3. The van der Waals surface area contributed by atoms with Gasteiger partial charge in [0.2, 0.25) is 5.91 Å². The predicted octanol–water partition coefficient (Wildman–Crippen LogP) is 1.42. The Balaban J connectivity index is 2.72. The SMILES string of the molecule is CCNC(=O)c1ccc(NC(=O)CCCN)c(C)c1. The maximum atomic E-state index is 11.7. The smallest absolute Gasteiger partial charge is 0.251 e. The van der Waals surface area contributed by atoms with Gasteiger partial charge in [-0.25, -0.2) is 0 Å². The molecule has 2 amide bonds. The highest BCUT2D eigenvalue weighted by Gasteiger charge is 2.08. The van der Waals surface area contributed by atoms with Crippen molar-refractivity contribution in [1.82, 2.24) is 5.32 Å². The third kappa shape index (κ3) is 4.71. The highest BCUT2D eigenvalue weighted by atomic mass is 16.2. The van der Waals surface area contributed by atoms with Gasteiger partial charge in [0.25, 0.3) is 5.91 Å². The van der Waals surface area contributed by atoms with E-state index in [0.717, 1.165) is 11.3 Å². The van der Waals surface area contributed by atoms with Gasteiger partial charge in [-0.05, 0) is 50.6 Å². The number of aryl methyl sites for hydroxylation is 1. The van der Waals surface area contributed by atoms with Crippen LogP contribution >= 0.6 is 0 Å². The Labute approximate surface area is 113 Å². The van der Waals surface area contributed by atoms with Gasteiger partial charge in [0.15, 0.2) is 0 Å². The zero-order valence-corrected chi connectivity index (χ0v) is 11.5. The number of anilines is 1. The summed E-state index contributed by atoms with van der Waals surface area (Å²) in [6, 6.07) is 5.22. The minimum atomic E-state index is -0.105. The number of carbonyl (C=O) groups is 2.